The Balaban J connectivity index is 2.26. The van der Waals surface area contributed by atoms with Gasteiger partial charge in [-0.3, -0.25) is 14.5 Å². The molecule has 1 aromatic carbocycles. The maximum Gasteiger partial charge on any atom is 0.263 e. The van der Waals surface area contributed by atoms with Gasteiger partial charge in [0.25, 0.3) is 10.0 Å². The first-order valence-corrected chi connectivity index (χ1v) is 8.15. The lowest BCUT2D eigenvalue weighted by atomic mass is 10.3. The lowest BCUT2D eigenvalue weighted by Crippen LogP contribution is -2.13. The Hall–Kier alpha value is -1.93. The number of nitrogens with one attached hydrogen (secondary N) is 2. The van der Waals surface area contributed by atoms with E-state index < -0.39 is 10.0 Å². The highest BCUT2D eigenvalue weighted by atomic mass is 79.9. The number of pyridine rings is 1. The van der Waals surface area contributed by atoms with Crippen LogP contribution in [0, 0.1) is 0 Å². The molecule has 0 bridgehead atoms. The van der Waals surface area contributed by atoms with Crippen molar-refractivity contribution in [3.05, 3.63) is 47.2 Å². The first-order chi connectivity index (χ1) is 9.87. The average Bonchev–Trinajstić information content (AvgIpc) is 2.37. The summed E-state index contributed by atoms with van der Waals surface area (Å²) in [5.41, 5.74) is 0.858. The summed E-state index contributed by atoms with van der Waals surface area (Å²) in [5.74, 6) is -0.230. The van der Waals surface area contributed by atoms with E-state index in [1.54, 1.807) is 18.2 Å². The fourth-order valence-electron chi connectivity index (χ4n) is 1.62. The van der Waals surface area contributed by atoms with E-state index in [-0.39, 0.29) is 10.8 Å². The van der Waals surface area contributed by atoms with Gasteiger partial charge in [-0.25, -0.2) is 8.42 Å². The van der Waals surface area contributed by atoms with Crippen LogP contribution in [-0.2, 0) is 14.8 Å². The van der Waals surface area contributed by atoms with Crippen LogP contribution >= 0.6 is 15.9 Å². The normalized spacial score (nSPS) is 11.0. The molecule has 110 valence electrons. The fraction of sp³-hybridized carbons (Fsp3) is 0.0769. The molecule has 0 atom stereocenters. The molecule has 21 heavy (non-hydrogen) atoms. The monoisotopic (exact) mass is 369 g/mol. The molecule has 0 fully saturated rings. The van der Waals surface area contributed by atoms with Crippen molar-refractivity contribution in [2.75, 3.05) is 10.0 Å². The number of nitrogens with zero attached hydrogens (tertiary/aromatic N) is 1. The number of sulfonamides is 1. The number of hydrogen-bond donors (Lipinski definition) is 2. The molecule has 1 heterocycles. The summed E-state index contributed by atoms with van der Waals surface area (Å²) >= 11 is 3.18. The van der Waals surface area contributed by atoms with E-state index >= 15 is 0 Å². The average molecular weight is 370 g/mol. The third-order valence-electron chi connectivity index (χ3n) is 2.43. The molecule has 0 spiro atoms. The van der Waals surface area contributed by atoms with E-state index in [4.69, 9.17) is 0 Å². The molecule has 0 aliphatic heterocycles. The number of carbonyl (C=O) groups excluding carboxylic acids is 1. The van der Waals surface area contributed by atoms with Crippen molar-refractivity contribution in [3.8, 4) is 0 Å². The summed E-state index contributed by atoms with van der Waals surface area (Å²) in [5, 5.41) is 2.59. The summed E-state index contributed by atoms with van der Waals surface area (Å²) in [4.78, 5) is 14.9. The molecule has 1 amide bonds. The van der Waals surface area contributed by atoms with Crippen molar-refractivity contribution in [1.82, 2.24) is 4.98 Å². The largest absolute Gasteiger partial charge is 0.326 e. The SMILES string of the molecule is CC(=O)Nc1cccc(NS(=O)(=O)c2cncc(Br)c2)c1. The molecule has 8 heteroatoms. The van der Waals surface area contributed by atoms with Crippen LogP contribution in [0.25, 0.3) is 0 Å². The minimum Gasteiger partial charge on any atom is -0.326 e. The molecule has 2 aromatic rings. The molecule has 0 saturated heterocycles. The zero-order chi connectivity index (χ0) is 15.5. The minimum absolute atomic E-state index is 0.0433. The standard InChI is InChI=1S/C13H12BrN3O3S/c1-9(18)16-11-3-2-4-12(6-11)17-21(19,20)13-5-10(14)7-15-8-13/h2-8,17H,1H3,(H,16,18). The smallest absolute Gasteiger partial charge is 0.263 e. The molecule has 0 unspecified atom stereocenters. The predicted octanol–water partition coefficient (Wildman–Crippen LogP) is 2.60. The van der Waals surface area contributed by atoms with Crippen molar-refractivity contribution in [1.29, 1.82) is 0 Å². The highest BCUT2D eigenvalue weighted by molar-refractivity contribution is 9.10. The van der Waals surface area contributed by atoms with Crippen LogP contribution in [-0.4, -0.2) is 19.3 Å². The molecule has 0 saturated carbocycles. The van der Waals surface area contributed by atoms with Gasteiger partial charge in [0, 0.05) is 29.5 Å². The highest BCUT2D eigenvalue weighted by Crippen LogP contribution is 2.20. The molecule has 0 aliphatic carbocycles. The number of hydrogen-bond acceptors (Lipinski definition) is 4. The maximum absolute atomic E-state index is 12.2. The number of carbonyl (C=O) groups is 1. The van der Waals surface area contributed by atoms with Crippen molar-refractivity contribution in [3.63, 3.8) is 0 Å². The summed E-state index contributed by atoms with van der Waals surface area (Å²) in [6, 6.07) is 7.88. The predicted molar refractivity (Wildman–Crippen MR) is 83.5 cm³/mol. The Morgan fingerprint density at radius 1 is 1.19 bits per heavy atom. The Bertz CT molecular complexity index is 778. The van der Waals surface area contributed by atoms with Crippen molar-refractivity contribution < 1.29 is 13.2 Å². The maximum atomic E-state index is 12.2. The molecule has 0 radical (unpaired) electrons. The summed E-state index contributed by atoms with van der Waals surface area (Å²) in [6.45, 7) is 1.38. The Morgan fingerprint density at radius 2 is 1.90 bits per heavy atom. The van der Waals surface area contributed by atoms with E-state index in [1.165, 1.54) is 31.5 Å². The molecule has 2 N–H and O–H groups in total. The Morgan fingerprint density at radius 3 is 2.57 bits per heavy atom. The van der Waals surface area contributed by atoms with Gasteiger partial charge in [0.1, 0.15) is 4.90 Å². The summed E-state index contributed by atoms with van der Waals surface area (Å²) in [6.07, 6.45) is 2.75. The van der Waals surface area contributed by atoms with Crippen LogP contribution in [0.4, 0.5) is 11.4 Å². The number of aromatic nitrogens is 1. The van der Waals surface area contributed by atoms with Gasteiger partial charge >= 0.3 is 0 Å². The lowest BCUT2D eigenvalue weighted by Gasteiger charge is -2.09. The minimum atomic E-state index is -3.74. The van der Waals surface area contributed by atoms with Crippen molar-refractivity contribution in [2.24, 2.45) is 0 Å². The van der Waals surface area contributed by atoms with Crippen LogP contribution in [0.1, 0.15) is 6.92 Å². The number of halogens is 1. The molecule has 2 rings (SSSR count). The zero-order valence-corrected chi connectivity index (χ0v) is 13.4. The van der Waals surface area contributed by atoms with Gasteiger partial charge < -0.3 is 5.32 Å². The van der Waals surface area contributed by atoms with Gasteiger partial charge in [-0.2, -0.15) is 0 Å². The van der Waals surface area contributed by atoms with E-state index in [2.05, 4.69) is 31.0 Å². The van der Waals surface area contributed by atoms with Crippen LogP contribution < -0.4 is 10.0 Å². The zero-order valence-electron chi connectivity index (χ0n) is 11.0. The first kappa shape index (κ1) is 15.5. The van der Waals surface area contributed by atoms with Crippen LogP contribution in [0.3, 0.4) is 0 Å². The van der Waals surface area contributed by atoms with Gasteiger partial charge in [-0.15, -0.1) is 0 Å². The van der Waals surface area contributed by atoms with Crippen LogP contribution in [0.5, 0.6) is 0 Å². The van der Waals surface area contributed by atoms with E-state index in [0.717, 1.165) is 0 Å². The van der Waals surface area contributed by atoms with Gasteiger partial charge in [0.15, 0.2) is 0 Å². The summed E-state index contributed by atoms with van der Waals surface area (Å²) < 4.78 is 27.5. The highest BCUT2D eigenvalue weighted by Gasteiger charge is 2.15. The third kappa shape index (κ3) is 4.27. The van der Waals surface area contributed by atoms with Gasteiger partial charge in [-0.05, 0) is 40.2 Å². The van der Waals surface area contributed by atoms with Gasteiger partial charge in [-0.1, -0.05) is 6.07 Å². The second-order valence-corrected chi connectivity index (χ2v) is 6.80. The lowest BCUT2D eigenvalue weighted by molar-refractivity contribution is -0.114. The number of anilines is 2. The van der Waals surface area contributed by atoms with Gasteiger partial charge in [0.05, 0.1) is 5.69 Å². The van der Waals surface area contributed by atoms with E-state index in [0.29, 0.717) is 15.8 Å². The second kappa shape index (κ2) is 6.23. The molecular formula is C13H12BrN3O3S. The Labute approximate surface area is 130 Å². The first-order valence-electron chi connectivity index (χ1n) is 5.88. The summed E-state index contributed by atoms with van der Waals surface area (Å²) in [7, 11) is -3.74. The van der Waals surface area contributed by atoms with E-state index in [9.17, 15) is 13.2 Å². The quantitative estimate of drug-likeness (QED) is 0.866. The molecule has 1 aromatic heterocycles. The van der Waals surface area contributed by atoms with Crippen LogP contribution in [0.2, 0.25) is 0 Å². The molecular weight excluding hydrogens is 358 g/mol. The molecule has 0 aliphatic rings. The number of rotatable bonds is 4. The Kier molecular flexibility index (Phi) is 4.59. The molecule has 6 nitrogen and oxygen atoms in total. The topological polar surface area (TPSA) is 88.2 Å². The van der Waals surface area contributed by atoms with Gasteiger partial charge in [0.2, 0.25) is 5.91 Å². The number of benzene rings is 1. The fourth-order valence-corrected chi connectivity index (χ4v) is 3.17. The second-order valence-electron chi connectivity index (χ2n) is 4.21. The number of amides is 1. The van der Waals surface area contributed by atoms with Crippen LogP contribution in [0.15, 0.2) is 52.1 Å². The van der Waals surface area contributed by atoms with Crippen molar-refractivity contribution in [2.45, 2.75) is 11.8 Å². The van der Waals surface area contributed by atoms with Crippen molar-refractivity contribution >= 4 is 43.2 Å². The third-order valence-corrected chi connectivity index (χ3v) is 4.21. The van der Waals surface area contributed by atoms with E-state index in [1.807, 2.05) is 0 Å².